The first-order valence-corrected chi connectivity index (χ1v) is 7.19. The van der Waals surface area contributed by atoms with E-state index >= 15 is 0 Å². The van der Waals surface area contributed by atoms with Gasteiger partial charge in [0, 0.05) is 18.6 Å². The lowest BCUT2D eigenvalue weighted by Crippen LogP contribution is -2.45. The molecule has 2 rings (SSSR count). The number of aliphatic hydroxyl groups is 1. The van der Waals surface area contributed by atoms with Crippen LogP contribution in [0.15, 0.2) is 0 Å². The maximum atomic E-state index is 11.4. The number of likely N-dealkylation sites (tertiary alicyclic amines) is 1. The summed E-state index contributed by atoms with van der Waals surface area (Å²) < 4.78 is 0. The molecule has 0 aromatic heterocycles. The molecule has 0 aromatic carbocycles. The summed E-state index contributed by atoms with van der Waals surface area (Å²) in [4.78, 5) is 13.7. The Morgan fingerprint density at radius 1 is 1.50 bits per heavy atom. The number of hydrogen-bond acceptors (Lipinski definition) is 3. The number of rotatable bonds is 6. The summed E-state index contributed by atoms with van der Waals surface area (Å²) in [5.74, 6) is -1.44. The van der Waals surface area contributed by atoms with E-state index in [0.29, 0.717) is 31.5 Å². The zero-order valence-electron chi connectivity index (χ0n) is 11.4. The number of β-amino-alcohol motifs (C(OH)–C–C–N with tert-alkyl or cyclic N) is 1. The van der Waals surface area contributed by atoms with Gasteiger partial charge in [-0.05, 0) is 32.6 Å². The Balaban J connectivity index is 2.05. The molecule has 0 amide bonds. The van der Waals surface area contributed by atoms with Gasteiger partial charge in [0.1, 0.15) is 0 Å². The highest BCUT2D eigenvalue weighted by molar-refractivity contribution is 5.71. The number of hydrogen-bond donors (Lipinski definition) is 2. The molecular formula is C14H25NO3. The molecule has 0 aromatic rings. The molecule has 1 aliphatic heterocycles. The molecule has 0 spiro atoms. The van der Waals surface area contributed by atoms with Crippen LogP contribution in [0.4, 0.5) is 0 Å². The first-order chi connectivity index (χ1) is 8.48. The van der Waals surface area contributed by atoms with E-state index in [4.69, 9.17) is 0 Å². The molecule has 1 saturated carbocycles. The summed E-state index contributed by atoms with van der Waals surface area (Å²) >= 11 is 0. The van der Waals surface area contributed by atoms with Gasteiger partial charge in [0.25, 0.3) is 0 Å². The van der Waals surface area contributed by atoms with Gasteiger partial charge in [-0.25, -0.2) is 0 Å². The topological polar surface area (TPSA) is 60.8 Å². The average Bonchev–Trinajstić information content (AvgIpc) is 3.05. The number of carboxylic acids is 1. The quantitative estimate of drug-likeness (QED) is 0.760. The highest BCUT2D eigenvalue weighted by atomic mass is 16.4. The minimum atomic E-state index is -1.02. The van der Waals surface area contributed by atoms with Gasteiger partial charge >= 0.3 is 5.97 Å². The highest BCUT2D eigenvalue weighted by Gasteiger charge is 2.51. The Hall–Kier alpha value is -0.610. The molecular weight excluding hydrogens is 230 g/mol. The normalized spacial score (nSPS) is 34.7. The van der Waals surface area contributed by atoms with Crippen LogP contribution >= 0.6 is 0 Å². The zero-order valence-corrected chi connectivity index (χ0v) is 11.4. The first kappa shape index (κ1) is 13.8. The van der Waals surface area contributed by atoms with E-state index < -0.39 is 17.5 Å². The van der Waals surface area contributed by atoms with Gasteiger partial charge in [-0.3, -0.25) is 9.69 Å². The van der Waals surface area contributed by atoms with Crippen molar-refractivity contribution in [3.8, 4) is 0 Å². The monoisotopic (exact) mass is 255 g/mol. The highest BCUT2D eigenvalue weighted by Crippen LogP contribution is 2.41. The van der Waals surface area contributed by atoms with Gasteiger partial charge in [0.15, 0.2) is 0 Å². The Labute approximate surface area is 109 Å². The maximum Gasteiger partial charge on any atom is 0.309 e. The summed E-state index contributed by atoms with van der Waals surface area (Å²) in [6.07, 6.45) is 5.44. The lowest BCUT2D eigenvalue weighted by Gasteiger charge is -2.30. The van der Waals surface area contributed by atoms with Crippen LogP contribution < -0.4 is 0 Å². The van der Waals surface area contributed by atoms with Crippen LogP contribution in [0.5, 0.6) is 0 Å². The Kier molecular flexibility index (Phi) is 3.97. The van der Waals surface area contributed by atoms with Crippen LogP contribution in [0.3, 0.4) is 0 Å². The van der Waals surface area contributed by atoms with Crippen molar-refractivity contribution in [1.29, 1.82) is 0 Å². The van der Waals surface area contributed by atoms with E-state index in [0.717, 1.165) is 12.8 Å². The van der Waals surface area contributed by atoms with Crippen LogP contribution in [-0.4, -0.2) is 45.3 Å². The molecule has 4 heteroatoms. The number of aliphatic carboxylic acids is 1. The lowest BCUT2D eigenvalue weighted by atomic mass is 9.82. The van der Waals surface area contributed by atoms with Crippen molar-refractivity contribution in [2.45, 2.75) is 70.1 Å². The zero-order chi connectivity index (χ0) is 13.3. The van der Waals surface area contributed by atoms with E-state index in [2.05, 4.69) is 18.7 Å². The van der Waals surface area contributed by atoms with E-state index in [9.17, 15) is 15.0 Å². The second-order valence-corrected chi connectivity index (χ2v) is 6.09. The molecule has 2 aliphatic rings. The van der Waals surface area contributed by atoms with Crippen molar-refractivity contribution in [1.82, 2.24) is 4.90 Å². The van der Waals surface area contributed by atoms with Crippen molar-refractivity contribution < 1.29 is 15.0 Å². The van der Waals surface area contributed by atoms with Crippen molar-refractivity contribution >= 4 is 5.97 Å². The summed E-state index contributed by atoms with van der Waals surface area (Å²) in [6.45, 7) is 4.70. The molecule has 4 nitrogen and oxygen atoms in total. The van der Waals surface area contributed by atoms with Gasteiger partial charge in [0.05, 0.1) is 11.5 Å². The lowest BCUT2D eigenvalue weighted by molar-refractivity contribution is -0.152. The molecule has 1 aliphatic carbocycles. The molecule has 0 radical (unpaired) electrons. The van der Waals surface area contributed by atoms with Gasteiger partial charge in [-0.15, -0.1) is 0 Å². The van der Waals surface area contributed by atoms with Gasteiger partial charge in [-0.2, -0.15) is 0 Å². The Bertz CT molecular complexity index is 316. The van der Waals surface area contributed by atoms with Gasteiger partial charge in [-0.1, -0.05) is 19.8 Å². The fraction of sp³-hybridized carbons (Fsp3) is 0.929. The smallest absolute Gasteiger partial charge is 0.309 e. The molecule has 3 atom stereocenters. The van der Waals surface area contributed by atoms with E-state index in [1.165, 1.54) is 12.8 Å². The number of unbranched alkanes of at least 4 members (excludes halogenated alkanes) is 1. The third-order valence-corrected chi connectivity index (χ3v) is 4.48. The predicted octanol–water partition coefficient (Wildman–Crippen LogP) is 1.87. The third kappa shape index (κ3) is 2.69. The number of carbonyl (C=O) groups is 1. The van der Waals surface area contributed by atoms with Crippen LogP contribution in [0.2, 0.25) is 0 Å². The Morgan fingerprint density at radius 2 is 2.17 bits per heavy atom. The standard InChI is InChI=1S/C14H25NO3/c1-3-4-5-12(13(16)17)14(18)8-10(2)15(9-14)11-6-7-11/h10-12,18H,3-9H2,1-2H3,(H,16,17). The molecule has 2 fully saturated rings. The van der Waals surface area contributed by atoms with Crippen LogP contribution in [0.1, 0.15) is 52.4 Å². The Morgan fingerprint density at radius 3 is 2.67 bits per heavy atom. The third-order valence-electron chi connectivity index (χ3n) is 4.48. The summed E-state index contributed by atoms with van der Waals surface area (Å²) in [6, 6.07) is 0.903. The SMILES string of the molecule is CCCCC(C(=O)O)C1(O)CC(C)N(C2CC2)C1. The average molecular weight is 255 g/mol. The fourth-order valence-corrected chi connectivity index (χ4v) is 3.34. The first-order valence-electron chi connectivity index (χ1n) is 7.19. The number of carboxylic acid groups (broad SMARTS) is 1. The minimum absolute atomic E-state index is 0.311. The van der Waals surface area contributed by atoms with Crippen molar-refractivity contribution in [3.05, 3.63) is 0 Å². The number of nitrogens with zero attached hydrogens (tertiary/aromatic N) is 1. The second kappa shape index (κ2) is 5.17. The molecule has 1 saturated heterocycles. The molecule has 2 N–H and O–H groups in total. The van der Waals surface area contributed by atoms with Crippen molar-refractivity contribution in [2.24, 2.45) is 5.92 Å². The second-order valence-electron chi connectivity index (χ2n) is 6.09. The minimum Gasteiger partial charge on any atom is -0.481 e. The van der Waals surface area contributed by atoms with E-state index in [-0.39, 0.29) is 0 Å². The van der Waals surface area contributed by atoms with Crippen LogP contribution in [0, 0.1) is 5.92 Å². The van der Waals surface area contributed by atoms with Gasteiger partial charge in [0.2, 0.25) is 0 Å². The largest absolute Gasteiger partial charge is 0.481 e. The summed E-state index contributed by atoms with van der Waals surface area (Å²) in [5.41, 5.74) is -1.02. The summed E-state index contributed by atoms with van der Waals surface area (Å²) in [7, 11) is 0. The fourth-order valence-electron chi connectivity index (χ4n) is 3.34. The van der Waals surface area contributed by atoms with E-state index in [1.54, 1.807) is 0 Å². The molecule has 18 heavy (non-hydrogen) atoms. The predicted molar refractivity (Wildman–Crippen MR) is 69.4 cm³/mol. The molecule has 104 valence electrons. The van der Waals surface area contributed by atoms with Crippen LogP contribution in [0.25, 0.3) is 0 Å². The molecule has 0 bridgehead atoms. The van der Waals surface area contributed by atoms with Gasteiger partial charge < -0.3 is 10.2 Å². The maximum absolute atomic E-state index is 11.4. The molecule has 3 unspecified atom stereocenters. The van der Waals surface area contributed by atoms with Crippen molar-refractivity contribution in [2.75, 3.05) is 6.54 Å². The van der Waals surface area contributed by atoms with Crippen LogP contribution in [-0.2, 0) is 4.79 Å². The van der Waals surface area contributed by atoms with E-state index in [1.807, 2.05) is 0 Å². The molecule has 1 heterocycles. The summed E-state index contributed by atoms with van der Waals surface area (Å²) in [5, 5.41) is 20.1. The van der Waals surface area contributed by atoms with Crippen molar-refractivity contribution in [3.63, 3.8) is 0 Å².